The van der Waals surface area contributed by atoms with Crippen molar-refractivity contribution in [2.75, 3.05) is 45.8 Å². The monoisotopic (exact) mass is 781 g/mol. The molecule has 0 fully saturated rings. The fourth-order valence-corrected chi connectivity index (χ4v) is 7.15. The number of unbranched alkanes of at least 4 members (excludes halogenated alkanes) is 1. The van der Waals surface area contributed by atoms with Crippen LogP contribution in [0.1, 0.15) is 30.9 Å². The number of hydrogen-bond acceptors (Lipinski definition) is 8. The Hall–Kier alpha value is -4.75. The number of ether oxygens (including phenoxy) is 4. The third kappa shape index (κ3) is 9.95. The molecule has 0 aliphatic heterocycles. The van der Waals surface area contributed by atoms with Gasteiger partial charge in [0.2, 0.25) is 11.8 Å². The summed E-state index contributed by atoms with van der Waals surface area (Å²) < 4.78 is 53.0. The summed E-state index contributed by atoms with van der Waals surface area (Å²) in [4.78, 5) is 30.1. The topological polar surface area (TPSA) is 124 Å². The molecule has 0 radical (unpaired) electrons. The zero-order chi connectivity index (χ0) is 37.0. The van der Waals surface area contributed by atoms with Crippen molar-refractivity contribution in [2.24, 2.45) is 0 Å². The maximum absolute atomic E-state index is 14.8. The van der Waals surface area contributed by atoms with Gasteiger partial charge in [-0.1, -0.05) is 71.7 Å². The van der Waals surface area contributed by atoms with E-state index in [0.717, 1.165) is 32.7 Å². The van der Waals surface area contributed by atoms with E-state index < -0.39 is 28.5 Å². The Labute approximate surface area is 308 Å². The number of hydrogen-bond donors (Lipinski definition) is 1. The SMILES string of the molecule is CCCCNC(=O)[C@@H](Cc1ccccc1)N(Cc1ccc(Br)cc1)C(=O)CN(c1cc(OC)ccc1OC)S(=O)(=O)c1ccc(OC)c(OC)c1. The van der Waals surface area contributed by atoms with Gasteiger partial charge in [-0.15, -0.1) is 0 Å². The quantitative estimate of drug-likeness (QED) is 0.118. The Balaban J connectivity index is 1.88. The number of carbonyl (C=O) groups excluding carboxylic acids is 2. The highest BCUT2D eigenvalue weighted by atomic mass is 79.9. The number of nitrogens with one attached hydrogen (secondary N) is 1. The summed E-state index contributed by atoms with van der Waals surface area (Å²) in [6.07, 6.45) is 1.83. The van der Waals surface area contributed by atoms with Crippen molar-refractivity contribution in [3.63, 3.8) is 0 Å². The third-order valence-corrected chi connectivity index (χ3v) is 10.5. The maximum atomic E-state index is 14.8. The predicted molar refractivity (Wildman–Crippen MR) is 200 cm³/mol. The van der Waals surface area contributed by atoms with Crippen LogP contribution in [0.25, 0.3) is 0 Å². The van der Waals surface area contributed by atoms with Gasteiger partial charge in [-0.05, 0) is 53.9 Å². The Morgan fingerprint density at radius 2 is 1.45 bits per heavy atom. The summed E-state index contributed by atoms with van der Waals surface area (Å²) in [6, 6.07) is 24.7. The summed E-state index contributed by atoms with van der Waals surface area (Å²) in [5, 5.41) is 3.00. The van der Waals surface area contributed by atoms with E-state index in [2.05, 4.69) is 21.2 Å². The fraction of sp³-hybridized carbons (Fsp3) is 0.316. The lowest BCUT2D eigenvalue weighted by molar-refractivity contribution is -0.140. The van der Waals surface area contributed by atoms with E-state index in [1.54, 1.807) is 12.1 Å². The van der Waals surface area contributed by atoms with Crippen LogP contribution >= 0.6 is 15.9 Å². The van der Waals surface area contributed by atoms with E-state index in [1.165, 1.54) is 57.6 Å². The lowest BCUT2D eigenvalue weighted by Crippen LogP contribution is -2.53. The summed E-state index contributed by atoms with van der Waals surface area (Å²) >= 11 is 3.46. The number of benzene rings is 4. The fourth-order valence-electron chi connectivity index (χ4n) is 5.46. The average Bonchev–Trinajstić information content (AvgIpc) is 3.15. The first-order valence-electron chi connectivity index (χ1n) is 16.4. The van der Waals surface area contributed by atoms with Crippen LogP contribution in [-0.2, 0) is 32.6 Å². The molecule has 1 atom stereocenters. The van der Waals surface area contributed by atoms with Gasteiger partial charge in [-0.25, -0.2) is 8.42 Å². The summed E-state index contributed by atoms with van der Waals surface area (Å²) in [5.74, 6) is 0.0898. The van der Waals surface area contributed by atoms with Crippen molar-refractivity contribution >= 4 is 43.5 Å². The molecule has 0 spiro atoms. The average molecular weight is 783 g/mol. The Kier molecular flexibility index (Phi) is 14.1. The zero-order valence-corrected chi connectivity index (χ0v) is 31.8. The molecule has 0 saturated heterocycles. The molecule has 4 aromatic rings. The van der Waals surface area contributed by atoms with E-state index in [1.807, 2.05) is 61.5 Å². The van der Waals surface area contributed by atoms with Gasteiger partial charge < -0.3 is 29.2 Å². The molecule has 4 rings (SSSR count). The molecule has 0 aliphatic carbocycles. The van der Waals surface area contributed by atoms with Gasteiger partial charge in [0, 0.05) is 36.1 Å². The lowest BCUT2D eigenvalue weighted by Gasteiger charge is -2.34. The van der Waals surface area contributed by atoms with E-state index in [0.29, 0.717) is 18.0 Å². The molecular formula is C38H44BrN3O8S. The highest BCUT2D eigenvalue weighted by Crippen LogP contribution is 2.38. The molecule has 0 unspecified atom stereocenters. The van der Waals surface area contributed by atoms with Gasteiger partial charge in [0.05, 0.1) is 39.0 Å². The van der Waals surface area contributed by atoms with Crippen molar-refractivity contribution in [3.8, 4) is 23.0 Å². The predicted octanol–water partition coefficient (Wildman–Crippen LogP) is 6.24. The highest BCUT2D eigenvalue weighted by Gasteiger charge is 2.36. The van der Waals surface area contributed by atoms with E-state index in [-0.39, 0.29) is 41.0 Å². The molecule has 0 saturated carbocycles. The number of carbonyl (C=O) groups is 2. The van der Waals surface area contributed by atoms with Crippen LogP contribution in [0.2, 0.25) is 0 Å². The van der Waals surface area contributed by atoms with Gasteiger partial charge in [0.15, 0.2) is 11.5 Å². The van der Waals surface area contributed by atoms with Gasteiger partial charge in [-0.3, -0.25) is 13.9 Å². The summed E-state index contributed by atoms with van der Waals surface area (Å²) in [5.41, 5.74) is 1.65. The summed E-state index contributed by atoms with van der Waals surface area (Å²) in [7, 11) is 1.22. The first-order chi connectivity index (χ1) is 24.6. The maximum Gasteiger partial charge on any atom is 0.265 e. The van der Waals surface area contributed by atoms with Crippen molar-refractivity contribution in [1.82, 2.24) is 10.2 Å². The van der Waals surface area contributed by atoms with E-state index in [9.17, 15) is 18.0 Å². The van der Waals surface area contributed by atoms with Gasteiger partial charge in [0.25, 0.3) is 10.0 Å². The number of rotatable bonds is 18. The number of sulfonamides is 1. The first kappa shape index (κ1) is 39.0. The molecule has 0 bridgehead atoms. The zero-order valence-electron chi connectivity index (χ0n) is 29.4. The van der Waals surface area contributed by atoms with Gasteiger partial charge in [0.1, 0.15) is 24.1 Å². The van der Waals surface area contributed by atoms with Crippen LogP contribution in [0, 0.1) is 0 Å². The summed E-state index contributed by atoms with van der Waals surface area (Å²) in [6.45, 7) is 1.81. The molecule has 51 heavy (non-hydrogen) atoms. The standard InChI is InChI=1S/C38H44BrN3O8S/c1-6-7-21-40-38(44)33(22-27-11-9-8-10-12-27)41(25-28-13-15-29(39)16-14-28)37(43)26-42(32-23-30(47-2)17-19-34(32)48-3)51(45,46)31-18-20-35(49-4)36(24-31)50-5/h8-20,23-24,33H,6-7,21-22,25-26H2,1-5H3,(H,40,44)/t33-/m1/s1. The van der Waals surface area contributed by atoms with Crippen LogP contribution in [0.5, 0.6) is 23.0 Å². The van der Waals surface area contributed by atoms with Gasteiger partial charge in [-0.2, -0.15) is 0 Å². The van der Waals surface area contributed by atoms with Crippen molar-refractivity contribution in [1.29, 1.82) is 0 Å². The molecule has 13 heteroatoms. The largest absolute Gasteiger partial charge is 0.497 e. The molecular weight excluding hydrogens is 738 g/mol. The molecule has 2 amide bonds. The Morgan fingerprint density at radius 1 is 0.784 bits per heavy atom. The van der Waals surface area contributed by atoms with Crippen LogP contribution in [0.3, 0.4) is 0 Å². The van der Waals surface area contributed by atoms with Crippen molar-refractivity contribution in [3.05, 3.63) is 107 Å². The first-order valence-corrected chi connectivity index (χ1v) is 18.6. The van der Waals surface area contributed by atoms with Crippen LogP contribution in [0.4, 0.5) is 5.69 Å². The molecule has 0 aliphatic rings. The number of methoxy groups -OCH3 is 4. The Bertz CT molecular complexity index is 1870. The number of halogens is 1. The highest BCUT2D eigenvalue weighted by molar-refractivity contribution is 9.10. The minimum absolute atomic E-state index is 0.0320. The minimum Gasteiger partial charge on any atom is -0.497 e. The second kappa shape index (κ2) is 18.5. The second-order valence-corrected chi connectivity index (χ2v) is 14.3. The molecule has 0 aromatic heterocycles. The third-order valence-electron chi connectivity index (χ3n) is 8.24. The Morgan fingerprint density at radius 3 is 2.08 bits per heavy atom. The molecule has 1 N–H and O–H groups in total. The van der Waals surface area contributed by atoms with Crippen LogP contribution in [-0.4, -0.2) is 72.7 Å². The molecule has 4 aromatic carbocycles. The van der Waals surface area contributed by atoms with Crippen molar-refractivity contribution < 1.29 is 37.0 Å². The lowest BCUT2D eigenvalue weighted by atomic mass is 10.0. The van der Waals surface area contributed by atoms with Crippen LogP contribution < -0.4 is 28.6 Å². The van der Waals surface area contributed by atoms with Crippen LogP contribution in [0.15, 0.2) is 100 Å². The number of anilines is 1. The molecule has 272 valence electrons. The molecule has 0 heterocycles. The smallest absolute Gasteiger partial charge is 0.265 e. The van der Waals surface area contributed by atoms with E-state index >= 15 is 0 Å². The second-order valence-electron chi connectivity index (χ2n) is 11.6. The number of amides is 2. The normalized spacial score (nSPS) is 11.6. The molecule has 11 nitrogen and oxygen atoms in total. The van der Waals surface area contributed by atoms with Crippen molar-refractivity contribution in [2.45, 2.75) is 43.7 Å². The minimum atomic E-state index is -4.49. The van der Waals surface area contributed by atoms with E-state index in [4.69, 9.17) is 18.9 Å². The van der Waals surface area contributed by atoms with Gasteiger partial charge >= 0.3 is 0 Å². The number of nitrogens with zero attached hydrogens (tertiary/aromatic N) is 2.